The molecule has 0 radical (unpaired) electrons. The van der Waals surface area contributed by atoms with Crippen LogP contribution in [0.25, 0.3) is 0 Å². The van der Waals surface area contributed by atoms with Crippen molar-refractivity contribution >= 4 is 29.0 Å². The van der Waals surface area contributed by atoms with E-state index in [0.717, 1.165) is 11.4 Å². The van der Waals surface area contributed by atoms with Crippen molar-refractivity contribution in [2.75, 3.05) is 24.6 Å². The average molecular weight is 422 g/mol. The fourth-order valence-electron chi connectivity index (χ4n) is 3.73. The fourth-order valence-corrected chi connectivity index (χ4v) is 4.90. The van der Waals surface area contributed by atoms with E-state index in [1.807, 2.05) is 29.2 Å². The largest absolute Gasteiger partial charge is 0.497 e. The first-order valence-electron chi connectivity index (χ1n) is 9.23. The molecular weight excluding hydrogens is 404 g/mol. The van der Waals surface area contributed by atoms with Gasteiger partial charge < -0.3 is 9.64 Å². The molecule has 2 aliphatic heterocycles. The number of allylic oxidation sites excluding steroid dienone is 1. The molecular formula is C21H18N4O4S. The van der Waals surface area contributed by atoms with Gasteiger partial charge in [0.15, 0.2) is 0 Å². The quantitative estimate of drug-likeness (QED) is 0.545. The minimum Gasteiger partial charge on any atom is -0.497 e. The maximum Gasteiger partial charge on any atom is 0.273 e. The Labute approximate surface area is 177 Å². The van der Waals surface area contributed by atoms with Crippen LogP contribution in [0.15, 0.2) is 59.1 Å². The number of carbonyl (C=O) groups is 1. The van der Waals surface area contributed by atoms with Gasteiger partial charge in [0.2, 0.25) is 5.91 Å². The van der Waals surface area contributed by atoms with Crippen molar-refractivity contribution in [2.45, 2.75) is 12.3 Å². The predicted molar refractivity (Wildman–Crippen MR) is 113 cm³/mol. The Morgan fingerprint density at radius 1 is 1.23 bits per heavy atom. The molecule has 2 aliphatic rings. The number of rotatable bonds is 4. The first-order valence-corrected chi connectivity index (χ1v) is 10.2. The summed E-state index contributed by atoms with van der Waals surface area (Å²) in [5.41, 5.74) is 1.67. The second-order valence-electron chi connectivity index (χ2n) is 6.88. The van der Waals surface area contributed by atoms with Gasteiger partial charge in [-0.25, -0.2) is 0 Å². The van der Waals surface area contributed by atoms with Gasteiger partial charge in [-0.1, -0.05) is 30.0 Å². The van der Waals surface area contributed by atoms with E-state index in [1.165, 1.54) is 17.8 Å². The molecule has 0 unspecified atom stereocenters. The number of amides is 1. The summed E-state index contributed by atoms with van der Waals surface area (Å²) in [5.74, 6) is 0.533. The van der Waals surface area contributed by atoms with Crippen LogP contribution in [0, 0.1) is 21.4 Å². The molecule has 0 bridgehead atoms. The van der Waals surface area contributed by atoms with Crippen molar-refractivity contribution in [2.24, 2.45) is 0 Å². The van der Waals surface area contributed by atoms with E-state index in [4.69, 9.17) is 4.74 Å². The lowest BCUT2D eigenvalue weighted by atomic mass is 9.85. The van der Waals surface area contributed by atoms with Gasteiger partial charge in [-0.3, -0.25) is 19.8 Å². The zero-order valence-electron chi connectivity index (χ0n) is 16.1. The number of thioether (sulfide) groups is 1. The molecule has 2 heterocycles. The molecule has 9 heteroatoms. The van der Waals surface area contributed by atoms with Gasteiger partial charge in [0.1, 0.15) is 5.75 Å². The monoisotopic (exact) mass is 422 g/mol. The summed E-state index contributed by atoms with van der Waals surface area (Å²) in [6, 6.07) is 16.1. The van der Waals surface area contributed by atoms with Crippen LogP contribution in [0.5, 0.6) is 5.75 Å². The van der Waals surface area contributed by atoms with E-state index in [-0.39, 0.29) is 18.0 Å². The summed E-state index contributed by atoms with van der Waals surface area (Å²) < 4.78 is 5.19. The Bertz CT molecular complexity index is 1080. The molecule has 30 heavy (non-hydrogen) atoms. The highest BCUT2D eigenvalue weighted by atomic mass is 32.2. The Morgan fingerprint density at radius 2 is 1.97 bits per heavy atom. The Kier molecular flexibility index (Phi) is 5.33. The number of hydrogen-bond acceptors (Lipinski definition) is 7. The molecule has 4 rings (SSSR count). The molecule has 2 aromatic carbocycles. The van der Waals surface area contributed by atoms with Gasteiger partial charge in [0.25, 0.3) is 5.69 Å². The second-order valence-corrected chi connectivity index (χ2v) is 7.81. The van der Waals surface area contributed by atoms with Crippen LogP contribution in [-0.2, 0) is 4.79 Å². The van der Waals surface area contributed by atoms with Crippen LogP contribution < -0.4 is 9.64 Å². The zero-order chi connectivity index (χ0) is 21.3. The molecule has 1 saturated heterocycles. The summed E-state index contributed by atoms with van der Waals surface area (Å²) in [4.78, 5) is 27.6. The average Bonchev–Trinajstić information content (AvgIpc) is 2.79. The number of anilines is 1. The van der Waals surface area contributed by atoms with Crippen LogP contribution in [-0.4, -0.2) is 35.4 Å². The first kappa shape index (κ1) is 19.8. The van der Waals surface area contributed by atoms with Crippen LogP contribution in [0.3, 0.4) is 0 Å². The van der Waals surface area contributed by atoms with Crippen molar-refractivity contribution in [3.63, 3.8) is 0 Å². The maximum absolute atomic E-state index is 13.0. The summed E-state index contributed by atoms with van der Waals surface area (Å²) in [6.45, 7) is 0.322. The number of hydrogen-bond donors (Lipinski definition) is 0. The lowest BCUT2D eigenvalue weighted by Crippen LogP contribution is -2.47. The third-order valence-corrected chi connectivity index (χ3v) is 6.39. The molecule has 1 atom stereocenters. The first-order chi connectivity index (χ1) is 14.5. The van der Waals surface area contributed by atoms with Crippen molar-refractivity contribution in [3.05, 3.63) is 74.8 Å². The highest BCUT2D eigenvalue weighted by Crippen LogP contribution is 2.45. The molecule has 1 amide bonds. The van der Waals surface area contributed by atoms with E-state index in [9.17, 15) is 20.2 Å². The predicted octanol–water partition coefficient (Wildman–Crippen LogP) is 3.82. The number of methoxy groups -OCH3 is 1. The van der Waals surface area contributed by atoms with Crippen molar-refractivity contribution < 1.29 is 14.5 Å². The van der Waals surface area contributed by atoms with Crippen LogP contribution in [0.4, 0.5) is 11.4 Å². The Morgan fingerprint density at radius 3 is 2.63 bits per heavy atom. The highest BCUT2D eigenvalue weighted by molar-refractivity contribution is 8.03. The topological polar surface area (TPSA) is 99.7 Å². The molecule has 8 nitrogen and oxygen atoms in total. The highest BCUT2D eigenvalue weighted by Gasteiger charge is 2.40. The summed E-state index contributed by atoms with van der Waals surface area (Å²) in [5, 5.41) is 21.9. The Balaban J connectivity index is 1.67. The Hall–Kier alpha value is -3.51. The zero-order valence-corrected chi connectivity index (χ0v) is 17.0. The number of nitro groups is 1. The SMILES string of the molecule is COc1ccc(N2CSC3=C(C#N)[C@@H](c4ccccc4[N+](=O)[O-])CC(=O)N3C2)cc1. The number of benzene rings is 2. The lowest BCUT2D eigenvalue weighted by Gasteiger charge is -2.42. The summed E-state index contributed by atoms with van der Waals surface area (Å²) in [7, 11) is 1.60. The van der Waals surface area contributed by atoms with Gasteiger partial charge in [-0.15, -0.1) is 0 Å². The smallest absolute Gasteiger partial charge is 0.273 e. The van der Waals surface area contributed by atoms with Gasteiger partial charge in [-0.2, -0.15) is 5.26 Å². The number of nitro benzene ring substituents is 1. The molecule has 0 aliphatic carbocycles. The molecule has 0 aromatic heterocycles. The number of fused-ring (bicyclic) bond motifs is 1. The van der Waals surface area contributed by atoms with Crippen LogP contribution in [0.2, 0.25) is 0 Å². The fraction of sp³-hybridized carbons (Fsp3) is 0.238. The van der Waals surface area contributed by atoms with Crippen molar-refractivity contribution in [1.82, 2.24) is 4.90 Å². The molecule has 0 spiro atoms. The molecule has 0 saturated carbocycles. The molecule has 0 N–H and O–H groups in total. The van der Waals surface area contributed by atoms with Crippen LogP contribution in [0.1, 0.15) is 17.9 Å². The number of nitrogens with zero attached hydrogens (tertiary/aromatic N) is 4. The number of nitriles is 1. The van der Waals surface area contributed by atoms with Crippen molar-refractivity contribution in [1.29, 1.82) is 5.26 Å². The minimum absolute atomic E-state index is 0.0221. The second kappa shape index (κ2) is 8.08. The normalized spacial score (nSPS) is 18.7. The number of para-hydroxylation sites is 1. The number of carbonyl (C=O) groups excluding carboxylic acids is 1. The van der Waals surface area contributed by atoms with E-state index < -0.39 is 10.8 Å². The summed E-state index contributed by atoms with van der Waals surface area (Å²) in [6.07, 6.45) is 0.0221. The third-order valence-electron chi connectivity index (χ3n) is 5.24. The van der Waals surface area contributed by atoms with E-state index in [2.05, 4.69) is 6.07 Å². The van der Waals surface area contributed by atoms with Gasteiger partial charge in [-0.05, 0) is 24.3 Å². The van der Waals surface area contributed by atoms with Gasteiger partial charge >= 0.3 is 0 Å². The third kappa shape index (κ3) is 3.46. The lowest BCUT2D eigenvalue weighted by molar-refractivity contribution is -0.385. The van der Waals surface area contributed by atoms with E-state index in [1.54, 1.807) is 30.2 Å². The maximum atomic E-state index is 13.0. The van der Waals surface area contributed by atoms with Gasteiger partial charge in [0, 0.05) is 29.7 Å². The minimum atomic E-state index is -0.615. The summed E-state index contributed by atoms with van der Waals surface area (Å²) >= 11 is 1.40. The molecule has 152 valence electrons. The van der Waals surface area contributed by atoms with Crippen molar-refractivity contribution in [3.8, 4) is 11.8 Å². The standard InChI is InChI=1S/C21H18N4O4S/c1-29-15-8-6-14(7-9-15)23-12-24-20(26)10-17(18(11-22)21(24)30-13-23)16-4-2-3-5-19(16)25(27)28/h2-9,17H,10,12-13H2,1H3/t17-/m1/s1. The number of ether oxygens (including phenoxy) is 1. The molecule has 1 fully saturated rings. The van der Waals surface area contributed by atoms with E-state index >= 15 is 0 Å². The molecule has 2 aromatic rings. The van der Waals surface area contributed by atoms with Gasteiger partial charge in [0.05, 0.1) is 41.2 Å². The van der Waals surface area contributed by atoms with Crippen LogP contribution >= 0.6 is 11.8 Å². The van der Waals surface area contributed by atoms with E-state index in [0.29, 0.717) is 28.7 Å².